The van der Waals surface area contributed by atoms with Gasteiger partial charge in [-0.1, -0.05) is 40.3 Å². The summed E-state index contributed by atoms with van der Waals surface area (Å²) in [6.07, 6.45) is 9.20. The molecule has 0 saturated carbocycles. The van der Waals surface area contributed by atoms with Crippen molar-refractivity contribution in [3.8, 4) is 0 Å². The maximum Gasteiger partial charge on any atom is 0.316 e. The fourth-order valence-corrected chi connectivity index (χ4v) is 6.40. The average Bonchev–Trinajstić information content (AvgIpc) is 3.57. The van der Waals surface area contributed by atoms with Gasteiger partial charge in [-0.2, -0.15) is 0 Å². The van der Waals surface area contributed by atoms with E-state index in [4.69, 9.17) is 18.9 Å². The lowest BCUT2D eigenvalue weighted by Gasteiger charge is -2.41. The van der Waals surface area contributed by atoms with Crippen LogP contribution in [0.3, 0.4) is 0 Å². The summed E-state index contributed by atoms with van der Waals surface area (Å²) >= 11 is 0. The predicted molar refractivity (Wildman–Crippen MR) is 175 cm³/mol. The molecule has 3 heterocycles. The quantitative estimate of drug-likeness (QED) is 0.179. The molecule has 0 amide bonds. The van der Waals surface area contributed by atoms with E-state index in [1.807, 2.05) is 41.8 Å². The standard InChI is InChI=1S/C31H51NO7.C4H4N2O/c1-12-25-31(13-2,36-11)17-20(5)27(33)18(3)14-19(4)29(22(7)28(34)23(8)30(35)38-25)39-26-16-24(32(9)10)15-21(6)37-26;7-4-6-2-1-5-3-6/h13,17-19,21-26,29H,2,12,14-16H2,1,3-11H3;1-4H/b20-17+;/t18-,19+,21-,22+,23-,24+,25-,26+,29+,31+;/m1./s1. The molecule has 0 spiro atoms. The molecule has 0 N–H and O–H groups in total. The number of aromatic nitrogens is 2. The lowest BCUT2D eigenvalue weighted by Crippen LogP contribution is -2.48. The van der Waals surface area contributed by atoms with Gasteiger partial charge in [0.2, 0.25) is 6.41 Å². The Morgan fingerprint density at radius 2 is 1.80 bits per heavy atom. The maximum absolute atomic E-state index is 13.7. The zero-order chi connectivity index (χ0) is 34.8. The first-order valence-electron chi connectivity index (χ1n) is 16.2. The Labute approximate surface area is 274 Å². The van der Waals surface area contributed by atoms with Crippen molar-refractivity contribution in [2.24, 2.45) is 23.7 Å². The SMILES string of the molecule is C=C[C@]1(OC)/C=C(\C)C(=O)[C@H](C)C[C@H](C)[C@H](O[C@H]2C[C@@H](N(C)C)C[C@@H](C)O2)[C@@H](C)C(=O)[C@@H](C)C(=O)O[C@@H]1CC.O=Cn1ccnc1. The van der Waals surface area contributed by atoms with Crippen LogP contribution in [-0.4, -0.2) is 95.8 Å². The minimum Gasteiger partial charge on any atom is -0.458 e. The van der Waals surface area contributed by atoms with Crippen molar-refractivity contribution in [1.82, 2.24) is 14.5 Å². The van der Waals surface area contributed by atoms with E-state index in [0.717, 1.165) is 6.42 Å². The lowest BCUT2D eigenvalue weighted by molar-refractivity contribution is -0.236. The number of carbonyl (C=O) groups excluding carboxylic acids is 4. The Bertz CT molecular complexity index is 1200. The smallest absolute Gasteiger partial charge is 0.316 e. The van der Waals surface area contributed by atoms with Crippen molar-refractivity contribution < 1.29 is 38.1 Å². The van der Waals surface area contributed by atoms with Gasteiger partial charge >= 0.3 is 5.97 Å². The molecule has 11 nitrogen and oxygen atoms in total. The zero-order valence-corrected chi connectivity index (χ0v) is 29.3. The highest BCUT2D eigenvalue weighted by atomic mass is 16.7. The van der Waals surface area contributed by atoms with E-state index >= 15 is 0 Å². The molecular weight excluding hydrogens is 590 g/mol. The number of imidazole rings is 1. The number of nitrogens with zero attached hydrogens (tertiary/aromatic N) is 3. The largest absolute Gasteiger partial charge is 0.458 e. The first-order valence-corrected chi connectivity index (χ1v) is 16.2. The van der Waals surface area contributed by atoms with Crippen molar-refractivity contribution >= 4 is 23.9 Å². The fraction of sp³-hybridized carbons (Fsp3) is 0.686. The second-order valence-corrected chi connectivity index (χ2v) is 13.0. The van der Waals surface area contributed by atoms with E-state index in [9.17, 15) is 19.2 Å². The van der Waals surface area contributed by atoms with Gasteiger partial charge in [0.25, 0.3) is 0 Å². The Balaban J connectivity index is 0.000000923. The third kappa shape index (κ3) is 10.0. The zero-order valence-electron chi connectivity index (χ0n) is 29.3. The summed E-state index contributed by atoms with van der Waals surface area (Å²) in [5.41, 5.74) is -0.687. The predicted octanol–water partition coefficient (Wildman–Crippen LogP) is 4.67. The highest BCUT2D eigenvalue weighted by Crippen LogP contribution is 2.34. The van der Waals surface area contributed by atoms with Crippen LogP contribution in [0.2, 0.25) is 0 Å². The van der Waals surface area contributed by atoms with Crippen LogP contribution >= 0.6 is 0 Å². The van der Waals surface area contributed by atoms with Gasteiger partial charge in [0.15, 0.2) is 17.9 Å². The Hall–Kier alpha value is -2.99. The Kier molecular flexibility index (Phi) is 15.2. The van der Waals surface area contributed by atoms with Crippen LogP contribution in [0, 0.1) is 23.7 Å². The summed E-state index contributed by atoms with van der Waals surface area (Å²) in [7, 11) is 5.58. The molecule has 0 bridgehead atoms. The minimum atomic E-state index is -1.20. The van der Waals surface area contributed by atoms with E-state index < -0.39 is 41.9 Å². The topological polar surface area (TPSA) is 126 Å². The molecule has 0 radical (unpaired) electrons. The normalized spacial score (nSPS) is 36.0. The Morgan fingerprint density at radius 1 is 1.13 bits per heavy atom. The summed E-state index contributed by atoms with van der Waals surface area (Å²) in [6.45, 7) is 16.8. The number of hydrogen-bond acceptors (Lipinski definition) is 10. The number of methoxy groups -OCH3 is 1. The van der Waals surface area contributed by atoms with Gasteiger partial charge in [-0.05, 0) is 71.7 Å². The molecule has 0 aromatic carbocycles. The average molecular weight is 646 g/mol. The second-order valence-electron chi connectivity index (χ2n) is 13.0. The lowest BCUT2D eigenvalue weighted by atomic mass is 9.79. The number of ketones is 2. The molecule has 0 aliphatic carbocycles. The summed E-state index contributed by atoms with van der Waals surface area (Å²) < 4.78 is 25.7. The van der Waals surface area contributed by atoms with Crippen molar-refractivity contribution in [3.05, 3.63) is 43.0 Å². The summed E-state index contributed by atoms with van der Waals surface area (Å²) in [4.78, 5) is 56.0. The molecule has 258 valence electrons. The van der Waals surface area contributed by atoms with E-state index in [0.29, 0.717) is 31.2 Å². The first-order chi connectivity index (χ1) is 21.6. The maximum atomic E-state index is 13.7. The van der Waals surface area contributed by atoms with Gasteiger partial charge in [-0.15, -0.1) is 0 Å². The number of cyclic esters (lactones) is 1. The van der Waals surface area contributed by atoms with Crippen LogP contribution in [0.4, 0.5) is 0 Å². The monoisotopic (exact) mass is 645 g/mol. The van der Waals surface area contributed by atoms with E-state index in [2.05, 4.69) is 16.5 Å². The third-order valence-corrected chi connectivity index (χ3v) is 9.23. The van der Waals surface area contributed by atoms with Gasteiger partial charge in [-0.3, -0.25) is 23.7 Å². The molecule has 1 aromatic rings. The number of carbonyl (C=O) groups is 4. The van der Waals surface area contributed by atoms with Crippen LogP contribution in [-0.2, 0) is 38.1 Å². The van der Waals surface area contributed by atoms with Crippen LogP contribution in [0.5, 0.6) is 0 Å². The Morgan fingerprint density at radius 3 is 2.30 bits per heavy atom. The molecule has 1 fully saturated rings. The highest BCUT2D eigenvalue weighted by molar-refractivity contribution is 6.00. The molecule has 10 atom stereocenters. The number of ether oxygens (including phenoxy) is 4. The summed E-state index contributed by atoms with van der Waals surface area (Å²) in [5.74, 6) is -3.03. The molecular formula is C35H55N3O8. The molecule has 0 unspecified atom stereocenters. The molecule has 2 aliphatic rings. The van der Waals surface area contributed by atoms with Crippen molar-refractivity contribution in [1.29, 1.82) is 0 Å². The molecule has 3 rings (SSSR count). The van der Waals surface area contributed by atoms with Gasteiger partial charge in [0.1, 0.15) is 24.0 Å². The molecule has 1 aromatic heterocycles. The molecule has 2 aliphatic heterocycles. The minimum absolute atomic E-state index is 0.00931. The highest BCUT2D eigenvalue weighted by Gasteiger charge is 2.43. The van der Waals surface area contributed by atoms with Gasteiger partial charge in [0.05, 0.1) is 12.2 Å². The molecule has 11 heteroatoms. The van der Waals surface area contributed by atoms with Crippen molar-refractivity contribution in [2.45, 2.75) is 110 Å². The third-order valence-electron chi connectivity index (χ3n) is 9.23. The fourth-order valence-electron chi connectivity index (χ4n) is 6.40. The number of rotatable bonds is 7. The van der Waals surface area contributed by atoms with E-state index in [1.165, 1.54) is 18.0 Å². The van der Waals surface area contributed by atoms with E-state index in [-0.39, 0.29) is 35.5 Å². The van der Waals surface area contributed by atoms with Gasteiger partial charge in [-0.25, -0.2) is 4.98 Å². The van der Waals surface area contributed by atoms with E-state index in [1.54, 1.807) is 45.3 Å². The number of Topliss-reactive ketones (excluding diaryl/α,β-unsaturated/α-hetero) is 2. The first kappa shape index (κ1) is 39.2. The van der Waals surface area contributed by atoms with Crippen molar-refractivity contribution in [3.63, 3.8) is 0 Å². The van der Waals surface area contributed by atoms with Gasteiger partial charge < -0.3 is 23.8 Å². The summed E-state index contributed by atoms with van der Waals surface area (Å²) in [6, 6.07) is 0.289. The number of hydrogen-bond donors (Lipinski definition) is 0. The molecule has 1 saturated heterocycles. The van der Waals surface area contributed by atoms with Gasteiger partial charge in [0, 0.05) is 43.8 Å². The van der Waals surface area contributed by atoms with Crippen LogP contribution < -0.4 is 0 Å². The number of esters is 1. The molecule has 46 heavy (non-hydrogen) atoms. The van der Waals surface area contributed by atoms with Crippen LogP contribution in [0.25, 0.3) is 0 Å². The number of allylic oxidation sites excluding steroid dienone is 1. The second kappa shape index (κ2) is 17.8. The summed E-state index contributed by atoms with van der Waals surface area (Å²) in [5, 5.41) is 0. The van der Waals surface area contributed by atoms with Crippen molar-refractivity contribution in [2.75, 3.05) is 21.2 Å². The van der Waals surface area contributed by atoms with Crippen LogP contribution in [0.1, 0.15) is 74.1 Å². The van der Waals surface area contributed by atoms with Crippen LogP contribution in [0.15, 0.2) is 43.0 Å².